The molecule has 1 N–H and O–H groups in total. The number of ether oxygens (including phenoxy) is 2. The molecule has 8 heteroatoms. The van der Waals surface area contributed by atoms with E-state index in [0.717, 1.165) is 0 Å². The highest BCUT2D eigenvalue weighted by molar-refractivity contribution is 5.81. The van der Waals surface area contributed by atoms with E-state index in [0.29, 0.717) is 0 Å². The first-order chi connectivity index (χ1) is 8.30. The number of amides is 1. The lowest BCUT2D eigenvalue weighted by Crippen LogP contribution is -2.44. The average molecular weight is 258 g/mol. The predicted octanol–water partition coefficient (Wildman–Crippen LogP) is 1.75. The summed E-state index contributed by atoms with van der Waals surface area (Å²) < 4.78 is 9.54. The smallest absolute Gasteiger partial charge is 0.408 e. The Labute approximate surface area is 105 Å². The standard InChI is InChI=1S/C10H18N4O4/c1-10(2,3)18-9(16)13-7(8(15)17-4)5-6-12-14-11/h7H,5-6H2,1-4H3,(H,13,16). The lowest BCUT2D eigenvalue weighted by Gasteiger charge is -2.22. The van der Waals surface area contributed by atoms with Crippen LogP contribution in [0, 0.1) is 0 Å². The first-order valence-electron chi connectivity index (χ1n) is 5.38. The molecule has 0 aromatic rings. The van der Waals surface area contributed by atoms with Crippen molar-refractivity contribution < 1.29 is 19.1 Å². The number of esters is 1. The summed E-state index contributed by atoms with van der Waals surface area (Å²) in [5.41, 5.74) is 7.48. The van der Waals surface area contributed by atoms with Crippen molar-refractivity contribution in [1.29, 1.82) is 0 Å². The summed E-state index contributed by atoms with van der Waals surface area (Å²) >= 11 is 0. The van der Waals surface area contributed by atoms with Crippen LogP contribution >= 0.6 is 0 Å². The second-order valence-electron chi connectivity index (χ2n) is 4.47. The third-order valence-electron chi connectivity index (χ3n) is 1.76. The van der Waals surface area contributed by atoms with Crippen molar-refractivity contribution in [3.05, 3.63) is 10.4 Å². The summed E-state index contributed by atoms with van der Waals surface area (Å²) in [6, 6.07) is -0.893. The lowest BCUT2D eigenvalue weighted by atomic mass is 10.2. The van der Waals surface area contributed by atoms with E-state index in [9.17, 15) is 9.59 Å². The van der Waals surface area contributed by atoms with Gasteiger partial charge in [-0.05, 0) is 32.7 Å². The summed E-state index contributed by atoms with van der Waals surface area (Å²) in [6.45, 7) is 5.20. The first kappa shape index (κ1) is 16.1. The number of azide groups is 1. The van der Waals surface area contributed by atoms with E-state index >= 15 is 0 Å². The monoisotopic (exact) mass is 258 g/mol. The largest absolute Gasteiger partial charge is 0.467 e. The van der Waals surface area contributed by atoms with Crippen LogP contribution in [0.4, 0.5) is 4.79 Å². The summed E-state index contributed by atoms with van der Waals surface area (Å²) in [6.07, 6.45) is -0.575. The Morgan fingerprint density at radius 1 is 1.44 bits per heavy atom. The highest BCUT2D eigenvalue weighted by atomic mass is 16.6. The van der Waals surface area contributed by atoms with Gasteiger partial charge in [0.1, 0.15) is 11.6 Å². The molecule has 0 radical (unpaired) electrons. The summed E-state index contributed by atoms with van der Waals surface area (Å²) in [5, 5.41) is 5.65. The second kappa shape index (κ2) is 7.39. The van der Waals surface area contributed by atoms with E-state index in [-0.39, 0.29) is 13.0 Å². The molecule has 18 heavy (non-hydrogen) atoms. The highest BCUT2D eigenvalue weighted by Crippen LogP contribution is 2.07. The van der Waals surface area contributed by atoms with Gasteiger partial charge in [-0.1, -0.05) is 5.11 Å². The van der Waals surface area contributed by atoms with Crippen molar-refractivity contribution in [2.75, 3.05) is 13.7 Å². The van der Waals surface area contributed by atoms with Gasteiger partial charge in [0.2, 0.25) is 0 Å². The number of hydrogen-bond acceptors (Lipinski definition) is 5. The van der Waals surface area contributed by atoms with E-state index in [4.69, 9.17) is 10.3 Å². The number of nitrogens with zero attached hydrogens (tertiary/aromatic N) is 3. The molecule has 0 saturated heterocycles. The van der Waals surface area contributed by atoms with Crippen LogP contribution < -0.4 is 5.32 Å². The van der Waals surface area contributed by atoms with E-state index in [1.165, 1.54) is 7.11 Å². The molecule has 0 rings (SSSR count). The second-order valence-corrected chi connectivity index (χ2v) is 4.47. The first-order valence-corrected chi connectivity index (χ1v) is 5.38. The Balaban J connectivity index is 4.44. The SMILES string of the molecule is COC(=O)C(CCN=[N+]=[N-])NC(=O)OC(C)(C)C. The van der Waals surface area contributed by atoms with Crippen molar-refractivity contribution in [1.82, 2.24) is 5.32 Å². The molecule has 0 aliphatic rings. The number of hydrogen-bond donors (Lipinski definition) is 1. The zero-order chi connectivity index (χ0) is 14.2. The zero-order valence-corrected chi connectivity index (χ0v) is 11.0. The van der Waals surface area contributed by atoms with Gasteiger partial charge in [-0.3, -0.25) is 0 Å². The summed E-state index contributed by atoms with van der Waals surface area (Å²) in [4.78, 5) is 25.4. The summed E-state index contributed by atoms with van der Waals surface area (Å²) in [7, 11) is 1.21. The maximum Gasteiger partial charge on any atom is 0.408 e. The lowest BCUT2D eigenvalue weighted by molar-refractivity contribution is -0.143. The molecule has 102 valence electrons. The fraction of sp³-hybridized carbons (Fsp3) is 0.800. The topological polar surface area (TPSA) is 113 Å². The van der Waals surface area contributed by atoms with Gasteiger partial charge in [0, 0.05) is 11.5 Å². The molecule has 0 spiro atoms. The van der Waals surface area contributed by atoms with Crippen LogP contribution in [0.15, 0.2) is 5.11 Å². The minimum atomic E-state index is -0.893. The molecule has 8 nitrogen and oxygen atoms in total. The van der Waals surface area contributed by atoms with Gasteiger partial charge in [-0.25, -0.2) is 9.59 Å². The Morgan fingerprint density at radius 3 is 2.50 bits per heavy atom. The van der Waals surface area contributed by atoms with Crippen molar-refractivity contribution >= 4 is 12.1 Å². The molecular weight excluding hydrogens is 240 g/mol. The van der Waals surface area contributed by atoms with E-state index < -0.39 is 23.7 Å². The van der Waals surface area contributed by atoms with Crippen LogP contribution in [0.5, 0.6) is 0 Å². The predicted molar refractivity (Wildman–Crippen MR) is 63.8 cm³/mol. The third-order valence-corrected chi connectivity index (χ3v) is 1.76. The van der Waals surface area contributed by atoms with Crippen LogP contribution in [0.3, 0.4) is 0 Å². The van der Waals surface area contributed by atoms with Crippen LogP contribution in [0.2, 0.25) is 0 Å². The molecule has 0 bridgehead atoms. The van der Waals surface area contributed by atoms with E-state index in [1.807, 2.05) is 0 Å². The number of carbonyl (C=O) groups excluding carboxylic acids is 2. The minimum absolute atomic E-state index is 0.0755. The quantitative estimate of drug-likeness (QED) is 0.350. The Bertz CT molecular complexity index is 344. The zero-order valence-electron chi connectivity index (χ0n) is 11.0. The number of carbonyl (C=O) groups is 2. The third kappa shape index (κ3) is 7.34. The molecule has 0 heterocycles. The van der Waals surface area contributed by atoms with Gasteiger partial charge in [0.25, 0.3) is 0 Å². The van der Waals surface area contributed by atoms with E-state index in [2.05, 4.69) is 20.1 Å². The fourth-order valence-corrected chi connectivity index (χ4v) is 1.07. The average Bonchev–Trinajstić information content (AvgIpc) is 2.24. The normalized spacial score (nSPS) is 12.0. The Kier molecular flexibility index (Phi) is 6.59. The van der Waals surface area contributed by atoms with Crippen molar-refractivity contribution in [3.63, 3.8) is 0 Å². The minimum Gasteiger partial charge on any atom is -0.467 e. The molecule has 0 saturated carbocycles. The molecule has 0 aromatic heterocycles. The molecular formula is C10H18N4O4. The van der Waals surface area contributed by atoms with Crippen LogP contribution in [0.25, 0.3) is 10.4 Å². The molecule has 0 aliphatic heterocycles. The van der Waals surface area contributed by atoms with Gasteiger partial charge >= 0.3 is 12.1 Å². The number of alkyl carbamates (subject to hydrolysis) is 1. The molecule has 1 amide bonds. The Morgan fingerprint density at radius 2 is 2.06 bits per heavy atom. The Hall–Kier alpha value is -1.95. The highest BCUT2D eigenvalue weighted by Gasteiger charge is 2.24. The van der Waals surface area contributed by atoms with Gasteiger partial charge in [-0.15, -0.1) is 0 Å². The van der Waals surface area contributed by atoms with Gasteiger partial charge < -0.3 is 14.8 Å². The van der Waals surface area contributed by atoms with Gasteiger partial charge in [0.05, 0.1) is 7.11 Å². The van der Waals surface area contributed by atoms with Gasteiger partial charge in [-0.2, -0.15) is 0 Å². The van der Waals surface area contributed by atoms with Crippen molar-refractivity contribution in [3.8, 4) is 0 Å². The molecule has 0 fully saturated rings. The molecule has 0 aliphatic carbocycles. The van der Waals surface area contributed by atoms with Gasteiger partial charge in [0.15, 0.2) is 0 Å². The molecule has 0 aromatic carbocycles. The van der Waals surface area contributed by atoms with Crippen molar-refractivity contribution in [2.24, 2.45) is 5.11 Å². The van der Waals surface area contributed by atoms with E-state index in [1.54, 1.807) is 20.8 Å². The maximum absolute atomic E-state index is 11.5. The van der Waals surface area contributed by atoms with Crippen LogP contribution in [-0.4, -0.2) is 37.4 Å². The van der Waals surface area contributed by atoms with Crippen molar-refractivity contribution in [2.45, 2.75) is 38.8 Å². The molecule has 1 atom stereocenters. The van der Waals surface area contributed by atoms with Crippen LogP contribution in [0.1, 0.15) is 27.2 Å². The summed E-state index contributed by atoms with van der Waals surface area (Å²) in [5.74, 6) is -0.617. The number of nitrogens with one attached hydrogen (secondary N) is 1. The maximum atomic E-state index is 11.5. The fourth-order valence-electron chi connectivity index (χ4n) is 1.07. The number of rotatable bonds is 5. The number of methoxy groups -OCH3 is 1. The van der Waals surface area contributed by atoms with Crippen LogP contribution in [-0.2, 0) is 14.3 Å². The molecule has 1 unspecified atom stereocenters.